The van der Waals surface area contributed by atoms with E-state index in [9.17, 15) is 4.79 Å². The fraction of sp³-hybridized carbons (Fsp3) is 0.100. The van der Waals surface area contributed by atoms with Gasteiger partial charge in [-0.25, -0.2) is 9.97 Å². The highest BCUT2D eigenvalue weighted by molar-refractivity contribution is 5.79. The number of hydrogen-bond donors (Lipinski definition) is 1. The zero-order valence-corrected chi connectivity index (χ0v) is 7.47. The number of hydrogen-bond acceptors (Lipinski definition) is 3. The van der Waals surface area contributed by atoms with Gasteiger partial charge in [-0.05, 0) is 23.8 Å². The van der Waals surface area contributed by atoms with Crippen molar-refractivity contribution in [3.63, 3.8) is 0 Å². The van der Waals surface area contributed by atoms with Crippen LogP contribution in [0.4, 0.5) is 0 Å². The zero-order valence-electron chi connectivity index (χ0n) is 7.47. The van der Waals surface area contributed by atoms with Crippen molar-refractivity contribution < 1.29 is 4.79 Å². The number of carbonyl (C=O) groups is 1. The molecule has 0 atom stereocenters. The van der Waals surface area contributed by atoms with Gasteiger partial charge in [-0.15, -0.1) is 0 Å². The Morgan fingerprint density at radius 3 is 3.07 bits per heavy atom. The Morgan fingerprint density at radius 2 is 2.29 bits per heavy atom. The quantitative estimate of drug-likeness (QED) is 0.750. The van der Waals surface area contributed by atoms with E-state index in [0.717, 1.165) is 10.9 Å². The first-order chi connectivity index (χ1) is 6.75. The van der Waals surface area contributed by atoms with Crippen LogP contribution in [0.3, 0.4) is 0 Å². The van der Waals surface area contributed by atoms with E-state index in [-0.39, 0.29) is 12.3 Å². The summed E-state index contributed by atoms with van der Waals surface area (Å²) in [6.45, 7) is 0. The van der Waals surface area contributed by atoms with E-state index >= 15 is 0 Å². The maximum absolute atomic E-state index is 10.7. The van der Waals surface area contributed by atoms with Crippen LogP contribution in [0, 0.1) is 0 Å². The van der Waals surface area contributed by atoms with Crippen LogP contribution < -0.4 is 5.73 Å². The average Bonchev–Trinajstić information content (AvgIpc) is 2.17. The molecule has 2 aromatic rings. The first-order valence-electron chi connectivity index (χ1n) is 4.23. The zero-order chi connectivity index (χ0) is 9.97. The highest BCUT2D eigenvalue weighted by atomic mass is 16.1. The second kappa shape index (κ2) is 3.41. The van der Waals surface area contributed by atoms with Crippen molar-refractivity contribution in [2.75, 3.05) is 0 Å². The summed E-state index contributed by atoms with van der Waals surface area (Å²) in [4.78, 5) is 18.9. The van der Waals surface area contributed by atoms with Crippen LogP contribution in [0.5, 0.6) is 0 Å². The number of pyridine rings is 2. The molecule has 1 amide bonds. The molecule has 0 fully saturated rings. The van der Waals surface area contributed by atoms with Crippen LogP contribution in [0.25, 0.3) is 11.0 Å². The van der Waals surface area contributed by atoms with Gasteiger partial charge in [0.25, 0.3) is 0 Å². The van der Waals surface area contributed by atoms with Crippen LogP contribution >= 0.6 is 0 Å². The fourth-order valence-electron chi connectivity index (χ4n) is 1.31. The molecule has 0 spiro atoms. The Kier molecular flexibility index (Phi) is 2.10. The van der Waals surface area contributed by atoms with Crippen molar-refractivity contribution in [3.05, 3.63) is 36.2 Å². The van der Waals surface area contributed by atoms with Crippen molar-refractivity contribution in [3.8, 4) is 0 Å². The summed E-state index contributed by atoms with van der Waals surface area (Å²) < 4.78 is 0. The highest BCUT2D eigenvalue weighted by Gasteiger charge is 2.00. The number of carbonyl (C=O) groups excluding carboxylic acids is 1. The van der Waals surface area contributed by atoms with Gasteiger partial charge in [0.05, 0.1) is 6.42 Å². The van der Waals surface area contributed by atoms with Gasteiger partial charge < -0.3 is 5.73 Å². The predicted octanol–water partition coefficient (Wildman–Crippen LogP) is 0.658. The van der Waals surface area contributed by atoms with Gasteiger partial charge in [-0.3, -0.25) is 4.79 Å². The minimum Gasteiger partial charge on any atom is -0.369 e. The SMILES string of the molecule is NC(=O)Cc1cnc2ncccc2c1. The molecule has 0 aliphatic carbocycles. The van der Waals surface area contributed by atoms with E-state index in [1.54, 1.807) is 12.4 Å². The lowest BCUT2D eigenvalue weighted by Crippen LogP contribution is -2.13. The van der Waals surface area contributed by atoms with E-state index in [2.05, 4.69) is 9.97 Å². The molecule has 0 aromatic carbocycles. The van der Waals surface area contributed by atoms with Gasteiger partial charge in [-0.1, -0.05) is 0 Å². The molecule has 2 rings (SSSR count). The maximum Gasteiger partial charge on any atom is 0.221 e. The second-order valence-corrected chi connectivity index (χ2v) is 3.04. The molecular formula is C10H9N3O. The van der Waals surface area contributed by atoms with Crippen molar-refractivity contribution >= 4 is 16.9 Å². The normalized spacial score (nSPS) is 10.3. The molecule has 0 saturated heterocycles. The molecule has 0 unspecified atom stereocenters. The number of amides is 1. The molecule has 4 nitrogen and oxygen atoms in total. The molecule has 0 aliphatic heterocycles. The van der Waals surface area contributed by atoms with Crippen molar-refractivity contribution in [2.24, 2.45) is 5.73 Å². The molecule has 2 heterocycles. The maximum atomic E-state index is 10.7. The molecule has 4 heteroatoms. The van der Waals surface area contributed by atoms with Crippen LogP contribution in [-0.2, 0) is 11.2 Å². The van der Waals surface area contributed by atoms with Gasteiger partial charge in [-0.2, -0.15) is 0 Å². The minimum atomic E-state index is -0.352. The Balaban J connectivity index is 2.46. The summed E-state index contributed by atoms with van der Waals surface area (Å²) in [5.41, 5.74) is 6.59. The number of aromatic nitrogens is 2. The van der Waals surface area contributed by atoms with E-state index in [0.29, 0.717) is 5.65 Å². The fourth-order valence-corrected chi connectivity index (χ4v) is 1.31. The van der Waals surface area contributed by atoms with Gasteiger partial charge in [0.1, 0.15) is 0 Å². The summed E-state index contributed by atoms with van der Waals surface area (Å²) in [6.07, 6.45) is 3.53. The third-order valence-corrected chi connectivity index (χ3v) is 1.89. The standard InChI is InChI=1S/C10H9N3O/c11-9(14)5-7-4-8-2-1-3-12-10(8)13-6-7/h1-4,6H,5H2,(H2,11,14). The largest absolute Gasteiger partial charge is 0.369 e. The Labute approximate surface area is 80.8 Å². The predicted molar refractivity (Wildman–Crippen MR) is 52.4 cm³/mol. The molecule has 2 N–H and O–H groups in total. The van der Waals surface area contributed by atoms with Crippen LogP contribution in [0.15, 0.2) is 30.6 Å². The summed E-state index contributed by atoms with van der Waals surface area (Å²) in [5.74, 6) is -0.352. The third-order valence-electron chi connectivity index (χ3n) is 1.89. The molecule has 0 aliphatic rings. The van der Waals surface area contributed by atoms with E-state index < -0.39 is 0 Å². The Morgan fingerprint density at radius 1 is 1.43 bits per heavy atom. The summed E-state index contributed by atoms with van der Waals surface area (Å²) >= 11 is 0. The van der Waals surface area contributed by atoms with Gasteiger partial charge >= 0.3 is 0 Å². The summed E-state index contributed by atoms with van der Waals surface area (Å²) in [6, 6.07) is 5.61. The summed E-state index contributed by atoms with van der Waals surface area (Å²) in [5, 5.41) is 0.922. The minimum absolute atomic E-state index is 0.220. The summed E-state index contributed by atoms with van der Waals surface area (Å²) in [7, 11) is 0. The number of fused-ring (bicyclic) bond motifs is 1. The lowest BCUT2D eigenvalue weighted by atomic mass is 10.1. The first-order valence-corrected chi connectivity index (χ1v) is 4.23. The van der Waals surface area contributed by atoms with Crippen molar-refractivity contribution in [2.45, 2.75) is 6.42 Å². The number of nitrogens with two attached hydrogens (primary N) is 1. The lowest BCUT2D eigenvalue weighted by molar-refractivity contribution is -0.117. The van der Waals surface area contributed by atoms with Crippen LogP contribution in [0.1, 0.15) is 5.56 Å². The van der Waals surface area contributed by atoms with Crippen molar-refractivity contribution in [1.82, 2.24) is 9.97 Å². The van der Waals surface area contributed by atoms with Gasteiger partial charge in [0.15, 0.2) is 5.65 Å². The van der Waals surface area contributed by atoms with Crippen LogP contribution in [-0.4, -0.2) is 15.9 Å². The van der Waals surface area contributed by atoms with Gasteiger partial charge in [0.2, 0.25) is 5.91 Å². The van der Waals surface area contributed by atoms with Gasteiger partial charge in [0, 0.05) is 17.8 Å². The third kappa shape index (κ3) is 1.69. The number of primary amides is 1. The number of nitrogens with zero attached hydrogens (tertiary/aromatic N) is 2. The molecule has 70 valence electrons. The average molecular weight is 187 g/mol. The molecule has 0 bridgehead atoms. The molecule has 14 heavy (non-hydrogen) atoms. The highest BCUT2D eigenvalue weighted by Crippen LogP contribution is 2.10. The van der Waals surface area contributed by atoms with Crippen molar-refractivity contribution in [1.29, 1.82) is 0 Å². The molecule has 0 radical (unpaired) electrons. The molecule has 2 aromatic heterocycles. The Bertz CT molecular complexity index is 482. The monoisotopic (exact) mass is 187 g/mol. The first kappa shape index (κ1) is 8.62. The number of rotatable bonds is 2. The topological polar surface area (TPSA) is 68.9 Å². The molecular weight excluding hydrogens is 178 g/mol. The smallest absolute Gasteiger partial charge is 0.221 e. The molecule has 0 saturated carbocycles. The van der Waals surface area contributed by atoms with Crippen LogP contribution in [0.2, 0.25) is 0 Å². The second-order valence-electron chi connectivity index (χ2n) is 3.04. The lowest BCUT2D eigenvalue weighted by Gasteiger charge is -1.99. The van der Waals surface area contributed by atoms with E-state index in [1.807, 2.05) is 18.2 Å². The van der Waals surface area contributed by atoms with E-state index in [1.165, 1.54) is 0 Å². The van der Waals surface area contributed by atoms with E-state index in [4.69, 9.17) is 5.73 Å². The Hall–Kier alpha value is -1.97.